The number of fused-ring (bicyclic) bond motifs is 1. The summed E-state index contributed by atoms with van der Waals surface area (Å²) in [6, 6.07) is 12.6. The molecule has 4 rings (SSSR count). The van der Waals surface area contributed by atoms with Gasteiger partial charge in [0, 0.05) is 18.0 Å². The molecule has 0 bridgehead atoms. The van der Waals surface area contributed by atoms with Crippen molar-refractivity contribution in [2.45, 2.75) is 44.1 Å². The van der Waals surface area contributed by atoms with Gasteiger partial charge in [0.05, 0.1) is 30.3 Å². The molecule has 22 heavy (non-hydrogen) atoms. The van der Waals surface area contributed by atoms with Crippen molar-refractivity contribution in [3.63, 3.8) is 0 Å². The van der Waals surface area contributed by atoms with Crippen molar-refractivity contribution in [1.82, 2.24) is 9.78 Å². The van der Waals surface area contributed by atoms with E-state index in [0.29, 0.717) is 31.2 Å². The van der Waals surface area contributed by atoms with Crippen LogP contribution in [0.25, 0.3) is 0 Å². The van der Waals surface area contributed by atoms with E-state index >= 15 is 0 Å². The van der Waals surface area contributed by atoms with Gasteiger partial charge in [0.25, 0.3) is 0 Å². The zero-order valence-electron chi connectivity index (χ0n) is 12.3. The highest BCUT2D eigenvalue weighted by Crippen LogP contribution is 2.55. The first-order valence-corrected chi connectivity index (χ1v) is 7.84. The van der Waals surface area contributed by atoms with Crippen LogP contribution in [0, 0.1) is 11.3 Å². The third-order valence-corrected chi connectivity index (χ3v) is 4.76. The fraction of sp³-hybridized carbons (Fsp3) is 0.389. The van der Waals surface area contributed by atoms with E-state index in [2.05, 4.69) is 30.3 Å². The zero-order valence-corrected chi connectivity index (χ0v) is 12.3. The Morgan fingerprint density at radius 2 is 2.05 bits per heavy atom. The largest absolute Gasteiger partial charge is 0.294 e. The summed E-state index contributed by atoms with van der Waals surface area (Å²) in [5, 5.41) is 13.5. The van der Waals surface area contributed by atoms with Crippen molar-refractivity contribution in [2.75, 3.05) is 0 Å². The maximum absolute atomic E-state index is 12.2. The van der Waals surface area contributed by atoms with Crippen molar-refractivity contribution in [3.8, 4) is 6.07 Å². The first-order valence-electron chi connectivity index (χ1n) is 7.84. The van der Waals surface area contributed by atoms with Crippen LogP contribution in [0.2, 0.25) is 0 Å². The van der Waals surface area contributed by atoms with Crippen LogP contribution in [0.5, 0.6) is 0 Å². The van der Waals surface area contributed by atoms with E-state index in [4.69, 9.17) is 10.4 Å². The highest BCUT2D eigenvalue weighted by atomic mass is 16.1. The number of hydrogen-bond acceptors (Lipinski definition) is 3. The molecule has 1 aromatic heterocycles. The molecule has 0 unspecified atom stereocenters. The number of aryl methyl sites for hydroxylation is 1. The van der Waals surface area contributed by atoms with Crippen LogP contribution in [0.1, 0.15) is 58.4 Å². The molecule has 1 saturated carbocycles. The Kier molecular flexibility index (Phi) is 3.07. The summed E-state index contributed by atoms with van der Waals surface area (Å²) < 4.78 is 1.90. The van der Waals surface area contributed by atoms with E-state index in [1.54, 1.807) is 0 Å². The summed E-state index contributed by atoms with van der Waals surface area (Å²) in [7, 11) is 0. The van der Waals surface area contributed by atoms with Crippen LogP contribution >= 0.6 is 0 Å². The molecular formula is C18H17N3O. The Bertz CT molecular complexity index is 770. The number of aromatic nitrogens is 2. The van der Waals surface area contributed by atoms with Gasteiger partial charge in [0.2, 0.25) is 0 Å². The van der Waals surface area contributed by atoms with Crippen molar-refractivity contribution < 1.29 is 4.79 Å². The fourth-order valence-electron chi connectivity index (χ4n) is 3.60. The van der Waals surface area contributed by atoms with Gasteiger partial charge in [-0.2, -0.15) is 10.4 Å². The fourth-order valence-corrected chi connectivity index (χ4v) is 3.60. The van der Waals surface area contributed by atoms with Gasteiger partial charge in [0.1, 0.15) is 0 Å². The minimum atomic E-state index is 0.229. The van der Waals surface area contributed by atoms with Crippen LogP contribution in [-0.4, -0.2) is 15.6 Å². The summed E-state index contributed by atoms with van der Waals surface area (Å²) >= 11 is 0. The second-order valence-electron chi connectivity index (χ2n) is 6.12. The quantitative estimate of drug-likeness (QED) is 0.869. The molecule has 2 aliphatic carbocycles. The van der Waals surface area contributed by atoms with Crippen molar-refractivity contribution >= 4 is 5.78 Å². The molecule has 1 aromatic carbocycles. The summed E-state index contributed by atoms with van der Waals surface area (Å²) in [6.45, 7) is 0.592. The van der Waals surface area contributed by atoms with Gasteiger partial charge in [-0.15, -0.1) is 0 Å². The summed E-state index contributed by atoms with van der Waals surface area (Å²) in [5.41, 5.74) is 4.22. The number of nitrogens with zero attached hydrogens (tertiary/aromatic N) is 3. The van der Waals surface area contributed by atoms with Crippen LogP contribution in [0.3, 0.4) is 0 Å². The average Bonchev–Trinajstić information content (AvgIpc) is 3.13. The van der Waals surface area contributed by atoms with Gasteiger partial charge in [-0.1, -0.05) is 30.3 Å². The van der Waals surface area contributed by atoms with Gasteiger partial charge in [-0.3, -0.25) is 9.48 Å². The average molecular weight is 291 g/mol. The summed E-state index contributed by atoms with van der Waals surface area (Å²) in [5.74, 6) is 1.08. The van der Waals surface area contributed by atoms with E-state index in [1.807, 2.05) is 10.7 Å². The lowest BCUT2D eigenvalue weighted by Crippen LogP contribution is -2.04. The van der Waals surface area contributed by atoms with E-state index in [9.17, 15) is 4.79 Å². The Balaban J connectivity index is 1.66. The van der Waals surface area contributed by atoms with E-state index in [1.165, 1.54) is 5.56 Å². The predicted octanol–water partition coefficient (Wildman–Crippen LogP) is 3.20. The Labute approximate surface area is 129 Å². The minimum absolute atomic E-state index is 0.229. The monoisotopic (exact) mass is 291 g/mol. The number of ketones is 1. The molecule has 1 fully saturated rings. The topological polar surface area (TPSA) is 58.7 Å². The third kappa shape index (κ3) is 2.05. The van der Waals surface area contributed by atoms with Gasteiger partial charge in [0.15, 0.2) is 5.78 Å². The maximum Gasteiger partial charge on any atom is 0.167 e. The number of nitriles is 1. The molecule has 0 amide bonds. The standard InChI is InChI=1S/C18H17N3O/c19-9-4-10-21-15-7-8-16(22)17(15)18(20-21)14-11-13(14)12-5-2-1-3-6-12/h1-3,5-6,13-14H,4,7-8,10-11H2/t13-,14+/m0/s1. The zero-order chi connectivity index (χ0) is 15.1. The molecule has 110 valence electrons. The molecule has 0 radical (unpaired) electrons. The molecule has 0 N–H and O–H groups in total. The number of carbonyl (C=O) groups excluding carboxylic acids is 1. The van der Waals surface area contributed by atoms with E-state index in [-0.39, 0.29) is 5.78 Å². The van der Waals surface area contributed by atoms with Crippen molar-refractivity contribution in [1.29, 1.82) is 5.26 Å². The second-order valence-corrected chi connectivity index (χ2v) is 6.12. The molecule has 0 aliphatic heterocycles. The highest BCUT2D eigenvalue weighted by molar-refractivity contribution is 6.01. The number of Topliss-reactive ketones (excluding diaryl/α,β-unsaturated/α-hetero) is 1. The van der Waals surface area contributed by atoms with E-state index < -0.39 is 0 Å². The molecule has 1 heterocycles. The molecule has 2 aromatic rings. The highest BCUT2D eigenvalue weighted by Gasteiger charge is 2.45. The lowest BCUT2D eigenvalue weighted by Gasteiger charge is -2.01. The molecule has 4 nitrogen and oxygen atoms in total. The summed E-state index contributed by atoms with van der Waals surface area (Å²) in [6.07, 6.45) is 2.87. The van der Waals surface area contributed by atoms with E-state index in [0.717, 1.165) is 29.8 Å². The van der Waals surface area contributed by atoms with Crippen LogP contribution in [0.15, 0.2) is 30.3 Å². The number of benzene rings is 1. The number of carbonyl (C=O) groups is 1. The maximum atomic E-state index is 12.2. The lowest BCUT2D eigenvalue weighted by atomic mass is 10.0. The van der Waals surface area contributed by atoms with Gasteiger partial charge < -0.3 is 0 Å². The predicted molar refractivity (Wildman–Crippen MR) is 81.6 cm³/mol. The minimum Gasteiger partial charge on any atom is -0.294 e. The van der Waals surface area contributed by atoms with Gasteiger partial charge in [-0.25, -0.2) is 0 Å². The van der Waals surface area contributed by atoms with Crippen LogP contribution in [0.4, 0.5) is 0 Å². The Morgan fingerprint density at radius 1 is 1.23 bits per heavy atom. The third-order valence-electron chi connectivity index (χ3n) is 4.76. The van der Waals surface area contributed by atoms with Crippen molar-refractivity contribution in [2.24, 2.45) is 0 Å². The molecule has 4 heteroatoms. The lowest BCUT2D eigenvalue weighted by molar-refractivity contribution is 0.0993. The number of rotatable bonds is 4. The van der Waals surface area contributed by atoms with Gasteiger partial charge in [-0.05, 0) is 24.3 Å². The molecule has 2 atom stereocenters. The Hall–Kier alpha value is -2.41. The molecule has 0 saturated heterocycles. The smallest absolute Gasteiger partial charge is 0.167 e. The Morgan fingerprint density at radius 3 is 2.82 bits per heavy atom. The van der Waals surface area contributed by atoms with Crippen molar-refractivity contribution in [3.05, 3.63) is 52.8 Å². The van der Waals surface area contributed by atoms with Gasteiger partial charge >= 0.3 is 0 Å². The summed E-state index contributed by atoms with van der Waals surface area (Å²) in [4.78, 5) is 12.2. The molecule has 2 aliphatic rings. The number of hydrogen-bond donors (Lipinski definition) is 0. The normalized spacial score (nSPS) is 22.4. The molecular weight excluding hydrogens is 274 g/mol. The first kappa shape index (κ1) is 13.3. The first-order chi connectivity index (χ1) is 10.8. The molecule has 0 spiro atoms. The second kappa shape index (κ2) is 5.10. The van der Waals surface area contributed by atoms with Crippen LogP contribution < -0.4 is 0 Å². The SMILES string of the molecule is N#CCCn1nc([C@@H]2C[C@H]2c2ccccc2)c2c1CCC2=O. The van der Waals surface area contributed by atoms with Crippen LogP contribution in [-0.2, 0) is 13.0 Å².